The molecular weight excluding hydrogens is 328 g/mol. The Balaban J connectivity index is 1.88. The van der Waals surface area contributed by atoms with E-state index in [1.807, 2.05) is 54.6 Å². The van der Waals surface area contributed by atoms with Crippen LogP contribution in [0.5, 0.6) is 0 Å². The maximum Gasteiger partial charge on any atom is 0.266 e. The molecule has 0 amide bonds. The van der Waals surface area contributed by atoms with Crippen molar-refractivity contribution in [3.63, 3.8) is 0 Å². The predicted octanol–water partition coefficient (Wildman–Crippen LogP) is 5.04. The zero-order valence-corrected chi connectivity index (χ0v) is 14.4. The molecule has 0 bridgehead atoms. The zero-order valence-electron chi connectivity index (χ0n) is 13.6. The maximum atomic E-state index is 13.2. The van der Waals surface area contributed by atoms with Crippen LogP contribution in [-0.4, -0.2) is 9.38 Å². The van der Waals surface area contributed by atoms with Crippen molar-refractivity contribution < 1.29 is 0 Å². The summed E-state index contributed by atoms with van der Waals surface area (Å²) in [6.45, 7) is 2.08. The third kappa shape index (κ3) is 2.11. The highest BCUT2D eigenvalue weighted by molar-refractivity contribution is 7.23. The molecule has 2 heterocycles. The van der Waals surface area contributed by atoms with Crippen LogP contribution in [0.3, 0.4) is 0 Å². The molecule has 120 valence electrons. The third-order valence-electron chi connectivity index (χ3n) is 4.60. The Bertz CT molecular complexity index is 1330. The van der Waals surface area contributed by atoms with Gasteiger partial charge in [-0.25, -0.2) is 4.98 Å². The van der Waals surface area contributed by atoms with Crippen LogP contribution in [0.25, 0.3) is 37.2 Å². The predicted molar refractivity (Wildman–Crippen MR) is 105 cm³/mol. The van der Waals surface area contributed by atoms with Gasteiger partial charge in [-0.05, 0) is 47.9 Å². The van der Waals surface area contributed by atoms with Gasteiger partial charge in [0.2, 0.25) is 0 Å². The zero-order chi connectivity index (χ0) is 17.0. The number of benzene rings is 3. The normalized spacial score (nSPS) is 11.6. The van der Waals surface area contributed by atoms with Crippen molar-refractivity contribution in [3.05, 3.63) is 82.6 Å². The molecule has 25 heavy (non-hydrogen) atoms. The smallest absolute Gasteiger partial charge is 0.266 e. The summed E-state index contributed by atoms with van der Waals surface area (Å²) in [5.41, 5.74) is 5.04. The molecule has 3 aromatic carbocycles. The minimum atomic E-state index is -0.00659. The number of fused-ring (bicyclic) bond motifs is 4. The molecule has 0 saturated heterocycles. The van der Waals surface area contributed by atoms with Crippen LogP contribution in [0.2, 0.25) is 0 Å². The van der Waals surface area contributed by atoms with Gasteiger partial charge in [0.1, 0.15) is 0 Å². The molecule has 5 rings (SSSR count). The van der Waals surface area contributed by atoms with Gasteiger partial charge < -0.3 is 0 Å². The lowest BCUT2D eigenvalue weighted by atomic mass is 9.99. The summed E-state index contributed by atoms with van der Waals surface area (Å²) >= 11 is 1.55. The molecule has 0 aliphatic heterocycles. The SMILES string of the molecule is Cc1ccccc1-c1ccc2nc3sc4ccccc4n3c(=O)c2c1. The van der Waals surface area contributed by atoms with Crippen molar-refractivity contribution in [1.29, 1.82) is 0 Å². The lowest BCUT2D eigenvalue weighted by molar-refractivity contribution is 1.16. The molecule has 0 atom stereocenters. The van der Waals surface area contributed by atoms with Crippen LogP contribution in [0, 0.1) is 6.92 Å². The fourth-order valence-electron chi connectivity index (χ4n) is 3.34. The molecule has 2 aromatic heterocycles. The quantitative estimate of drug-likeness (QED) is 0.428. The minimum absolute atomic E-state index is 0.00659. The van der Waals surface area contributed by atoms with E-state index in [2.05, 4.69) is 19.1 Å². The first kappa shape index (κ1) is 14.4. The van der Waals surface area contributed by atoms with Gasteiger partial charge in [0.15, 0.2) is 4.96 Å². The van der Waals surface area contributed by atoms with Crippen molar-refractivity contribution in [2.75, 3.05) is 0 Å². The molecule has 0 aliphatic rings. The van der Waals surface area contributed by atoms with Crippen LogP contribution in [0.15, 0.2) is 71.5 Å². The van der Waals surface area contributed by atoms with Crippen molar-refractivity contribution >= 4 is 37.4 Å². The molecule has 0 spiro atoms. The largest absolute Gasteiger partial charge is 0.268 e. The summed E-state index contributed by atoms with van der Waals surface area (Å²) in [4.78, 5) is 18.6. The summed E-state index contributed by atoms with van der Waals surface area (Å²) in [5.74, 6) is 0. The summed E-state index contributed by atoms with van der Waals surface area (Å²) in [6, 6.07) is 22.1. The number of thiazole rings is 1. The van der Waals surface area contributed by atoms with E-state index < -0.39 is 0 Å². The van der Waals surface area contributed by atoms with Gasteiger partial charge in [-0.2, -0.15) is 0 Å². The van der Waals surface area contributed by atoms with E-state index in [9.17, 15) is 4.79 Å². The van der Waals surface area contributed by atoms with Gasteiger partial charge in [-0.15, -0.1) is 0 Å². The number of aryl methyl sites for hydroxylation is 1. The average molecular weight is 342 g/mol. The Morgan fingerprint density at radius 2 is 1.76 bits per heavy atom. The molecule has 4 heteroatoms. The first-order valence-electron chi connectivity index (χ1n) is 8.12. The van der Waals surface area contributed by atoms with Crippen LogP contribution >= 0.6 is 11.3 Å². The van der Waals surface area contributed by atoms with E-state index in [4.69, 9.17) is 4.98 Å². The first-order valence-corrected chi connectivity index (χ1v) is 8.94. The number of hydrogen-bond acceptors (Lipinski definition) is 3. The van der Waals surface area contributed by atoms with Gasteiger partial charge in [0, 0.05) is 0 Å². The average Bonchev–Trinajstić information content (AvgIpc) is 3.00. The van der Waals surface area contributed by atoms with E-state index >= 15 is 0 Å². The van der Waals surface area contributed by atoms with Gasteiger partial charge in [-0.1, -0.05) is 53.8 Å². The Kier molecular flexibility index (Phi) is 3.02. The van der Waals surface area contributed by atoms with Crippen molar-refractivity contribution in [2.24, 2.45) is 0 Å². The topological polar surface area (TPSA) is 34.4 Å². The number of para-hydroxylation sites is 1. The summed E-state index contributed by atoms with van der Waals surface area (Å²) in [7, 11) is 0. The molecule has 3 nitrogen and oxygen atoms in total. The molecule has 0 N–H and O–H groups in total. The first-order chi connectivity index (χ1) is 12.2. The van der Waals surface area contributed by atoms with Crippen molar-refractivity contribution in [2.45, 2.75) is 6.92 Å². The van der Waals surface area contributed by atoms with E-state index in [-0.39, 0.29) is 5.56 Å². The number of nitrogens with zero attached hydrogens (tertiary/aromatic N) is 2. The molecule has 0 unspecified atom stereocenters. The van der Waals surface area contributed by atoms with Crippen LogP contribution in [0.4, 0.5) is 0 Å². The second kappa shape index (κ2) is 5.26. The van der Waals surface area contributed by atoms with Crippen molar-refractivity contribution in [1.82, 2.24) is 9.38 Å². The van der Waals surface area contributed by atoms with E-state index in [0.29, 0.717) is 5.39 Å². The van der Waals surface area contributed by atoms with Gasteiger partial charge >= 0.3 is 0 Å². The lowest BCUT2D eigenvalue weighted by Crippen LogP contribution is -2.13. The van der Waals surface area contributed by atoms with Crippen molar-refractivity contribution in [3.8, 4) is 11.1 Å². The highest BCUT2D eigenvalue weighted by Gasteiger charge is 2.12. The second-order valence-corrected chi connectivity index (χ2v) is 7.16. The highest BCUT2D eigenvalue weighted by Crippen LogP contribution is 2.28. The molecule has 0 saturated carbocycles. The molecule has 5 aromatic rings. The highest BCUT2D eigenvalue weighted by atomic mass is 32.1. The second-order valence-electron chi connectivity index (χ2n) is 6.15. The van der Waals surface area contributed by atoms with Gasteiger partial charge in [0.25, 0.3) is 5.56 Å². The molecular formula is C21H14N2OS. The maximum absolute atomic E-state index is 13.2. The molecule has 0 radical (unpaired) electrons. The van der Waals surface area contributed by atoms with E-state index in [0.717, 1.165) is 31.8 Å². The van der Waals surface area contributed by atoms with E-state index in [1.165, 1.54) is 5.56 Å². The summed E-state index contributed by atoms with van der Waals surface area (Å²) in [6.07, 6.45) is 0. The van der Waals surface area contributed by atoms with Crippen LogP contribution < -0.4 is 5.56 Å². The summed E-state index contributed by atoms with van der Waals surface area (Å²) < 4.78 is 2.80. The summed E-state index contributed by atoms with van der Waals surface area (Å²) in [5, 5.41) is 0.654. The molecule has 0 fully saturated rings. The van der Waals surface area contributed by atoms with Crippen LogP contribution in [-0.2, 0) is 0 Å². The Labute approximate surface area is 147 Å². The fraction of sp³-hybridized carbons (Fsp3) is 0.0476. The monoisotopic (exact) mass is 342 g/mol. The number of rotatable bonds is 1. The molecule has 0 aliphatic carbocycles. The third-order valence-corrected chi connectivity index (χ3v) is 5.62. The number of hydrogen-bond donors (Lipinski definition) is 0. The van der Waals surface area contributed by atoms with E-state index in [1.54, 1.807) is 15.7 Å². The Morgan fingerprint density at radius 3 is 2.64 bits per heavy atom. The number of aromatic nitrogens is 2. The minimum Gasteiger partial charge on any atom is -0.268 e. The van der Waals surface area contributed by atoms with Gasteiger partial charge in [-0.3, -0.25) is 9.20 Å². The van der Waals surface area contributed by atoms with Crippen LogP contribution in [0.1, 0.15) is 5.56 Å². The Hall–Kier alpha value is -2.98. The van der Waals surface area contributed by atoms with Gasteiger partial charge in [0.05, 0.1) is 21.1 Å². The fourth-order valence-corrected chi connectivity index (χ4v) is 4.36. The Morgan fingerprint density at radius 1 is 0.960 bits per heavy atom. The lowest BCUT2D eigenvalue weighted by Gasteiger charge is -2.07. The standard InChI is InChI=1S/C21H14N2OS/c1-13-6-2-3-7-15(13)14-10-11-17-16(12-14)20(24)23-18-8-4-5-9-19(18)25-21(23)22-17/h2-12H,1H3.